The quantitative estimate of drug-likeness (QED) is 0.646. The molecule has 0 unspecified atom stereocenters. The van der Waals surface area contributed by atoms with Gasteiger partial charge in [0.25, 0.3) is 5.91 Å². The molecule has 0 radical (unpaired) electrons. The van der Waals surface area contributed by atoms with E-state index in [1.807, 2.05) is 0 Å². The molecule has 0 fully saturated rings. The molecule has 0 atom stereocenters. The Bertz CT molecular complexity index is 826. The van der Waals surface area contributed by atoms with E-state index in [4.69, 9.17) is 25.8 Å². The Morgan fingerprint density at radius 1 is 1.20 bits per heavy atom. The number of carbonyl (C=O) groups excluding carboxylic acids is 1. The van der Waals surface area contributed by atoms with Crippen molar-refractivity contribution >= 4 is 28.9 Å². The molecule has 1 aliphatic heterocycles. The summed E-state index contributed by atoms with van der Waals surface area (Å²) in [5, 5.41) is 13.8. The van der Waals surface area contributed by atoms with Crippen LogP contribution >= 0.6 is 11.6 Å². The maximum atomic E-state index is 12.0. The summed E-state index contributed by atoms with van der Waals surface area (Å²) in [6, 6.07) is 8.94. The second-order valence-electron chi connectivity index (χ2n) is 5.06. The maximum Gasteiger partial charge on any atom is 0.312 e. The molecule has 1 amide bonds. The van der Waals surface area contributed by atoms with Crippen molar-refractivity contribution in [2.24, 2.45) is 0 Å². The van der Waals surface area contributed by atoms with E-state index in [0.29, 0.717) is 30.4 Å². The van der Waals surface area contributed by atoms with Gasteiger partial charge in [-0.25, -0.2) is 0 Å². The minimum atomic E-state index is -0.625. The van der Waals surface area contributed by atoms with E-state index in [1.54, 1.807) is 18.2 Å². The van der Waals surface area contributed by atoms with E-state index in [1.165, 1.54) is 12.1 Å². The molecule has 8 nitrogen and oxygen atoms in total. The first kappa shape index (κ1) is 16.8. The van der Waals surface area contributed by atoms with Gasteiger partial charge in [0.1, 0.15) is 13.2 Å². The molecule has 1 aliphatic rings. The summed E-state index contributed by atoms with van der Waals surface area (Å²) in [5.41, 5.74) is 0.197. The highest BCUT2D eigenvalue weighted by Gasteiger charge is 2.17. The number of fused-ring (bicyclic) bond motifs is 1. The third-order valence-corrected chi connectivity index (χ3v) is 3.54. The normalized spacial score (nSPS) is 12.4. The summed E-state index contributed by atoms with van der Waals surface area (Å²) in [4.78, 5) is 22.4. The van der Waals surface area contributed by atoms with Crippen LogP contribution < -0.4 is 19.5 Å². The first-order chi connectivity index (χ1) is 12.0. The van der Waals surface area contributed by atoms with Crippen molar-refractivity contribution in [2.75, 3.05) is 25.1 Å². The minimum Gasteiger partial charge on any atom is -0.486 e. The summed E-state index contributed by atoms with van der Waals surface area (Å²) in [7, 11) is 0. The third kappa shape index (κ3) is 4.10. The predicted octanol–water partition coefficient (Wildman–Crippen LogP) is 3.04. The van der Waals surface area contributed by atoms with Crippen LogP contribution in [0.25, 0.3) is 0 Å². The standard InChI is InChI=1S/C16H13ClN2O6/c17-10-1-3-13(12(7-10)19(21)22)25-9-16(20)18-11-2-4-14-15(8-11)24-6-5-23-14/h1-4,7-8H,5-6,9H2,(H,18,20). The number of halogens is 1. The zero-order valence-corrected chi connectivity index (χ0v) is 13.6. The Kier molecular flexibility index (Phi) is 4.90. The second kappa shape index (κ2) is 7.27. The van der Waals surface area contributed by atoms with Crippen molar-refractivity contribution in [3.8, 4) is 17.2 Å². The zero-order valence-electron chi connectivity index (χ0n) is 12.9. The van der Waals surface area contributed by atoms with Gasteiger partial charge in [-0.2, -0.15) is 0 Å². The summed E-state index contributed by atoms with van der Waals surface area (Å²) >= 11 is 5.73. The van der Waals surface area contributed by atoms with E-state index < -0.39 is 17.4 Å². The number of benzene rings is 2. The highest BCUT2D eigenvalue weighted by atomic mass is 35.5. The summed E-state index contributed by atoms with van der Waals surface area (Å²) in [6.45, 7) is 0.525. The molecule has 3 rings (SSSR count). The second-order valence-corrected chi connectivity index (χ2v) is 5.50. The lowest BCUT2D eigenvalue weighted by Crippen LogP contribution is -2.21. The number of anilines is 1. The number of nitro groups is 1. The number of rotatable bonds is 5. The van der Waals surface area contributed by atoms with Crippen LogP contribution in [-0.4, -0.2) is 30.7 Å². The van der Waals surface area contributed by atoms with E-state index in [-0.39, 0.29) is 16.5 Å². The van der Waals surface area contributed by atoms with Crippen molar-refractivity contribution in [3.63, 3.8) is 0 Å². The monoisotopic (exact) mass is 364 g/mol. The van der Waals surface area contributed by atoms with Crippen LogP contribution in [0.1, 0.15) is 0 Å². The number of hydrogen-bond acceptors (Lipinski definition) is 6. The number of nitro benzene ring substituents is 1. The number of carbonyl (C=O) groups is 1. The number of nitrogens with zero attached hydrogens (tertiary/aromatic N) is 1. The number of nitrogens with one attached hydrogen (secondary N) is 1. The van der Waals surface area contributed by atoms with Crippen LogP contribution in [0.4, 0.5) is 11.4 Å². The Morgan fingerprint density at radius 2 is 1.96 bits per heavy atom. The Balaban J connectivity index is 1.63. The highest BCUT2D eigenvalue weighted by molar-refractivity contribution is 6.30. The lowest BCUT2D eigenvalue weighted by Gasteiger charge is -2.19. The fourth-order valence-electron chi connectivity index (χ4n) is 2.22. The van der Waals surface area contributed by atoms with Crippen LogP contribution in [0.5, 0.6) is 17.2 Å². The molecular formula is C16H13ClN2O6. The molecule has 1 heterocycles. The summed E-state index contributed by atoms with van der Waals surface area (Å²) in [5.74, 6) is 0.642. The van der Waals surface area contributed by atoms with Gasteiger partial charge in [-0.05, 0) is 24.3 Å². The van der Waals surface area contributed by atoms with Crippen molar-refractivity contribution in [3.05, 3.63) is 51.5 Å². The van der Waals surface area contributed by atoms with Crippen LogP contribution in [0, 0.1) is 10.1 Å². The van der Waals surface area contributed by atoms with Crippen molar-refractivity contribution in [2.45, 2.75) is 0 Å². The molecular weight excluding hydrogens is 352 g/mol. The molecule has 2 aromatic carbocycles. The van der Waals surface area contributed by atoms with Crippen molar-refractivity contribution < 1.29 is 23.9 Å². The summed E-state index contributed by atoms with van der Waals surface area (Å²) in [6.07, 6.45) is 0. The largest absolute Gasteiger partial charge is 0.486 e. The number of hydrogen-bond donors (Lipinski definition) is 1. The zero-order chi connectivity index (χ0) is 17.8. The molecule has 9 heteroatoms. The highest BCUT2D eigenvalue weighted by Crippen LogP contribution is 2.33. The average molecular weight is 365 g/mol. The molecule has 25 heavy (non-hydrogen) atoms. The van der Waals surface area contributed by atoms with Crippen molar-refractivity contribution in [1.82, 2.24) is 0 Å². The Labute approximate surface area is 147 Å². The van der Waals surface area contributed by atoms with E-state index in [2.05, 4.69) is 5.32 Å². The minimum absolute atomic E-state index is 0.0354. The lowest BCUT2D eigenvalue weighted by atomic mass is 10.2. The molecule has 0 spiro atoms. The van der Waals surface area contributed by atoms with Gasteiger partial charge in [0.2, 0.25) is 0 Å². The Morgan fingerprint density at radius 3 is 2.72 bits per heavy atom. The predicted molar refractivity (Wildman–Crippen MR) is 89.7 cm³/mol. The van der Waals surface area contributed by atoms with Gasteiger partial charge in [-0.15, -0.1) is 0 Å². The van der Waals surface area contributed by atoms with E-state index >= 15 is 0 Å². The van der Waals surface area contributed by atoms with Crippen LogP contribution in [0.15, 0.2) is 36.4 Å². The van der Waals surface area contributed by atoms with Crippen LogP contribution in [0.3, 0.4) is 0 Å². The average Bonchev–Trinajstić information content (AvgIpc) is 2.60. The molecule has 130 valence electrons. The fraction of sp³-hybridized carbons (Fsp3) is 0.188. The molecule has 0 aromatic heterocycles. The van der Waals surface area contributed by atoms with Crippen LogP contribution in [-0.2, 0) is 4.79 Å². The SMILES string of the molecule is O=C(COc1ccc(Cl)cc1[N+](=O)[O-])Nc1ccc2c(c1)OCCO2. The van der Waals surface area contributed by atoms with Crippen molar-refractivity contribution in [1.29, 1.82) is 0 Å². The number of amides is 1. The van der Waals surface area contributed by atoms with E-state index in [9.17, 15) is 14.9 Å². The molecule has 0 saturated heterocycles. The topological polar surface area (TPSA) is 99.9 Å². The van der Waals surface area contributed by atoms with Crippen LogP contribution in [0.2, 0.25) is 5.02 Å². The van der Waals surface area contributed by atoms with Gasteiger partial charge >= 0.3 is 5.69 Å². The number of ether oxygens (including phenoxy) is 3. The van der Waals surface area contributed by atoms with Gasteiger partial charge in [0.05, 0.1) is 4.92 Å². The molecule has 0 aliphatic carbocycles. The van der Waals surface area contributed by atoms with Gasteiger partial charge < -0.3 is 19.5 Å². The smallest absolute Gasteiger partial charge is 0.312 e. The summed E-state index contributed by atoms with van der Waals surface area (Å²) < 4.78 is 16.1. The third-order valence-electron chi connectivity index (χ3n) is 3.30. The molecule has 1 N–H and O–H groups in total. The van der Waals surface area contributed by atoms with Gasteiger partial charge in [-0.3, -0.25) is 14.9 Å². The van der Waals surface area contributed by atoms with Gasteiger partial charge in [0.15, 0.2) is 23.9 Å². The molecule has 2 aromatic rings. The lowest BCUT2D eigenvalue weighted by molar-refractivity contribution is -0.385. The first-order valence-electron chi connectivity index (χ1n) is 7.29. The van der Waals surface area contributed by atoms with Gasteiger partial charge in [0, 0.05) is 22.8 Å². The molecule has 0 saturated carbocycles. The van der Waals surface area contributed by atoms with Gasteiger partial charge in [-0.1, -0.05) is 11.6 Å². The first-order valence-corrected chi connectivity index (χ1v) is 7.67. The fourth-order valence-corrected chi connectivity index (χ4v) is 2.38. The Hall–Kier alpha value is -3.00. The molecule has 0 bridgehead atoms. The van der Waals surface area contributed by atoms with E-state index in [0.717, 1.165) is 6.07 Å². The maximum absolute atomic E-state index is 12.0.